The van der Waals surface area contributed by atoms with E-state index in [2.05, 4.69) is 5.10 Å². The number of amides is 1. The molecule has 0 N–H and O–H groups in total. The first-order chi connectivity index (χ1) is 11.5. The lowest BCUT2D eigenvalue weighted by molar-refractivity contribution is -0.120. The molecule has 0 atom stereocenters. The first kappa shape index (κ1) is 16.7. The minimum absolute atomic E-state index is 0.0587. The van der Waals surface area contributed by atoms with Crippen molar-refractivity contribution in [2.24, 2.45) is 7.05 Å². The van der Waals surface area contributed by atoms with Crippen molar-refractivity contribution in [3.63, 3.8) is 0 Å². The van der Waals surface area contributed by atoms with Gasteiger partial charge in [0.05, 0.1) is 11.1 Å². The second-order valence-corrected chi connectivity index (χ2v) is 6.56. The smallest absolute Gasteiger partial charge is 0.254 e. The Morgan fingerprint density at radius 2 is 1.92 bits per heavy atom. The van der Waals surface area contributed by atoms with Crippen molar-refractivity contribution in [2.45, 2.75) is 45.4 Å². The number of carbonyl (C=O) groups excluding carboxylic acids is 2. The average Bonchev–Trinajstić information content (AvgIpc) is 2.97. The largest absolute Gasteiger partial charge is 0.339 e. The summed E-state index contributed by atoms with van der Waals surface area (Å²) >= 11 is 0. The van der Waals surface area contributed by atoms with Crippen LogP contribution in [0.15, 0.2) is 18.3 Å². The van der Waals surface area contributed by atoms with Crippen molar-refractivity contribution in [1.82, 2.24) is 14.7 Å². The number of aromatic nitrogens is 2. The Morgan fingerprint density at radius 3 is 2.54 bits per heavy atom. The van der Waals surface area contributed by atoms with Gasteiger partial charge in [0.15, 0.2) is 0 Å². The molecule has 1 heterocycles. The van der Waals surface area contributed by atoms with Crippen LogP contribution in [-0.2, 0) is 11.8 Å². The van der Waals surface area contributed by atoms with E-state index < -0.39 is 0 Å². The van der Waals surface area contributed by atoms with Crippen LogP contribution >= 0.6 is 0 Å². The van der Waals surface area contributed by atoms with Crippen LogP contribution in [0.2, 0.25) is 0 Å². The van der Waals surface area contributed by atoms with Gasteiger partial charge < -0.3 is 4.90 Å². The van der Waals surface area contributed by atoms with Crippen LogP contribution in [0.25, 0.3) is 10.9 Å². The molecule has 5 heteroatoms. The fourth-order valence-electron chi connectivity index (χ4n) is 3.69. The maximum Gasteiger partial charge on any atom is 0.254 e. The van der Waals surface area contributed by atoms with Gasteiger partial charge in [0.1, 0.15) is 5.78 Å². The summed E-state index contributed by atoms with van der Waals surface area (Å²) in [5.74, 6) is 0.776. The molecule has 0 unspecified atom stereocenters. The molecule has 5 nitrogen and oxygen atoms in total. The van der Waals surface area contributed by atoms with Crippen molar-refractivity contribution in [3.05, 3.63) is 29.5 Å². The fourth-order valence-corrected chi connectivity index (χ4v) is 3.69. The third-order valence-corrected chi connectivity index (χ3v) is 5.09. The average molecular weight is 327 g/mol. The van der Waals surface area contributed by atoms with Gasteiger partial charge >= 0.3 is 0 Å². The van der Waals surface area contributed by atoms with Gasteiger partial charge in [0.25, 0.3) is 5.91 Å². The SMILES string of the molecule is CCN(CC)C(=O)c1ccc(C2CCC(=O)CC2)c2nn(C)cc12. The van der Waals surface area contributed by atoms with Gasteiger partial charge in [-0.05, 0) is 44.2 Å². The molecule has 0 radical (unpaired) electrons. The van der Waals surface area contributed by atoms with Crippen molar-refractivity contribution < 1.29 is 9.59 Å². The van der Waals surface area contributed by atoms with Gasteiger partial charge in [-0.1, -0.05) is 6.07 Å². The van der Waals surface area contributed by atoms with Gasteiger partial charge in [0, 0.05) is 44.6 Å². The molecule has 1 aliphatic carbocycles. The lowest BCUT2D eigenvalue weighted by atomic mass is 9.82. The van der Waals surface area contributed by atoms with E-state index in [1.54, 1.807) is 4.68 Å². The monoisotopic (exact) mass is 327 g/mol. The molecular weight excluding hydrogens is 302 g/mol. The number of hydrogen-bond acceptors (Lipinski definition) is 3. The van der Waals surface area contributed by atoms with Gasteiger partial charge in [-0.3, -0.25) is 14.3 Å². The molecule has 3 rings (SSSR count). The number of hydrogen-bond donors (Lipinski definition) is 0. The van der Waals surface area contributed by atoms with Crippen LogP contribution in [0.3, 0.4) is 0 Å². The number of benzene rings is 1. The number of nitrogens with zero attached hydrogens (tertiary/aromatic N) is 3. The highest BCUT2D eigenvalue weighted by Gasteiger charge is 2.25. The second-order valence-electron chi connectivity index (χ2n) is 6.56. The van der Waals surface area contributed by atoms with Crippen LogP contribution in [0.1, 0.15) is 61.4 Å². The van der Waals surface area contributed by atoms with E-state index in [-0.39, 0.29) is 5.91 Å². The van der Waals surface area contributed by atoms with Gasteiger partial charge in [-0.2, -0.15) is 5.10 Å². The Labute approximate surface area is 142 Å². The molecule has 1 aromatic heterocycles. The third kappa shape index (κ3) is 2.95. The molecule has 128 valence electrons. The summed E-state index contributed by atoms with van der Waals surface area (Å²) in [7, 11) is 1.89. The van der Waals surface area contributed by atoms with E-state index in [0.717, 1.165) is 29.3 Å². The standard InChI is InChI=1S/C19H25N3O2/c1-4-22(5-2)19(24)16-11-10-15(13-6-8-14(23)9-7-13)18-17(16)12-21(3)20-18/h10-13H,4-9H2,1-3H3. The van der Waals surface area contributed by atoms with E-state index in [0.29, 0.717) is 37.6 Å². The number of rotatable bonds is 4. The summed E-state index contributed by atoms with van der Waals surface area (Å²) in [6.45, 7) is 5.39. The number of fused-ring (bicyclic) bond motifs is 1. The maximum absolute atomic E-state index is 12.8. The topological polar surface area (TPSA) is 55.2 Å². The first-order valence-corrected chi connectivity index (χ1v) is 8.82. The number of Topliss-reactive ketones (excluding diaryl/α,β-unsaturated/α-hetero) is 1. The highest BCUT2D eigenvalue weighted by Crippen LogP contribution is 2.36. The molecular formula is C19H25N3O2. The zero-order valence-electron chi connectivity index (χ0n) is 14.7. The van der Waals surface area contributed by atoms with Crippen LogP contribution < -0.4 is 0 Å². The molecule has 0 spiro atoms. The first-order valence-electron chi connectivity index (χ1n) is 8.82. The van der Waals surface area contributed by atoms with E-state index in [9.17, 15) is 9.59 Å². The molecule has 24 heavy (non-hydrogen) atoms. The van der Waals surface area contributed by atoms with Crippen LogP contribution in [0.5, 0.6) is 0 Å². The predicted molar refractivity (Wildman–Crippen MR) is 94.2 cm³/mol. The molecule has 0 bridgehead atoms. The molecule has 0 aliphatic heterocycles. The van der Waals surface area contributed by atoms with Crippen LogP contribution in [0.4, 0.5) is 0 Å². The summed E-state index contributed by atoms with van der Waals surface area (Å²) in [6, 6.07) is 3.99. The van der Waals surface area contributed by atoms with E-state index in [1.165, 1.54) is 5.56 Å². The minimum Gasteiger partial charge on any atom is -0.339 e. The summed E-state index contributed by atoms with van der Waals surface area (Å²) in [5, 5.41) is 5.54. The van der Waals surface area contributed by atoms with Gasteiger partial charge in [-0.15, -0.1) is 0 Å². The van der Waals surface area contributed by atoms with E-state index in [4.69, 9.17) is 0 Å². The number of ketones is 1. The zero-order chi connectivity index (χ0) is 17.3. The van der Waals surface area contributed by atoms with Crippen molar-refractivity contribution in [2.75, 3.05) is 13.1 Å². The summed E-state index contributed by atoms with van der Waals surface area (Å²) in [4.78, 5) is 26.2. The summed E-state index contributed by atoms with van der Waals surface area (Å²) in [6.07, 6.45) is 5.00. The Kier molecular flexibility index (Phi) is 4.69. The number of aryl methyl sites for hydroxylation is 1. The molecule has 1 amide bonds. The quantitative estimate of drug-likeness (QED) is 0.866. The minimum atomic E-state index is 0.0587. The van der Waals surface area contributed by atoms with E-state index >= 15 is 0 Å². The third-order valence-electron chi connectivity index (χ3n) is 5.09. The van der Waals surface area contributed by atoms with Crippen LogP contribution in [0, 0.1) is 0 Å². The zero-order valence-corrected chi connectivity index (χ0v) is 14.7. The highest BCUT2D eigenvalue weighted by molar-refractivity contribution is 6.07. The predicted octanol–water partition coefficient (Wildman–Crippen LogP) is 3.28. The Morgan fingerprint density at radius 1 is 1.25 bits per heavy atom. The Hall–Kier alpha value is -2.17. The molecule has 1 aromatic carbocycles. The second kappa shape index (κ2) is 6.75. The summed E-state index contributed by atoms with van der Waals surface area (Å²) < 4.78 is 1.78. The highest BCUT2D eigenvalue weighted by atomic mass is 16.2. The Bertz CT molecular complexity index is 764. The number of carbonyl (C=O) groups is 2. The molecule has 1 saturated carbocycles. The van der Waals surface area contributed by atoms with Crippen molar-refractivity contribution in [1.29, 1.82) is 0 Å². The van der Waals surface area contributed by atoms with Crippen molar-refractivity contribution >= 4 is 22.6 Å². The van der Waals surface area contributed by atoms with E-state index in [1.807, 2.05) is 44.1 Å². The summed E-state index contributed by atoms with van der Waals surface area (Å²) in [5.41, 5.74) is 2.81. The molecule has 2 aromatic rings. The maximum atomic E-state index is 12.8. The lowest BCUT2D eigenvalue weighted by Gasteiger charge is -2.23. The molecule has 1 aliphatic rings. The lowest BCUT2D eigenvalue weighted by Crippen LogP contribution is -2.30. The van der Waals surface area contributed by atoms with Crippen molar-refractivity contribution in [3.8, 4) is 0 Å². The molecule has 0 saturated heterocycles. The van der Waals surface area contributed by atoms with Gasteiger partial charge in [-0.25, -0.2) is 0 Å². The molecule has 1 fully saturated rings. The Balaban J connectivity index is 2.04. The fraction of sp³-hybridized carbons (Fsp3) is 0.526. The van der Waals surface area contributed by atoms with Crippen LogP contribution in [-0.4, -0.2) is 39.5 Å². The normalized spacial score (nSPS) is 15.9. The van der Waals surface area contributed by atoms with Gasteiger partial charge in [0.2, 0.25) is 0 Å².